The number of anilines is 2. The Labute approximate surface area is 194 Å². The van der Waals surface area contributed by atoms with Crippen LogP contribution in [0.25, 0.3) is 11.0 Å². The van der Waals surface area contributed by atoms with E-state index in [2.05, 4.69) is 30.5 Å². The van der Waals surface area contributed by atoms with Crippen molar-refractivity contribution in [2.24, 2.45) is 0 Å². The predicted molar refractivity (Wildman–Crippen MR) is 130 cm³/mol. The molecule has 1 aromatic carbocycles. The summed E-state index contributed by atoms with van der Waals surface area (Å²) in [5.74, 6) is 1.75. The first-order chi connectivity index (χ1) is 16.3. The molecule has 1 aliphatic heterocycles. The summed E-state index contributed by atoms with van der Waals surface area (Å²) in [6.07, 6.45) is 11.7. The van der Waals surface area contributed by atoms with Crippen LogP contribution in [0, 0.1) is 0 Å². The van der Waals surface area contributed by atoms with Crippen molar-refractivity contribution < 1.29 is 9.53 Å². The van der Waals surface area contributed by atoms with Crippen LogP contribution in [0.5, 0.6) is 5.75 Å². The van der Waals surface area contributed by atoms with Gasteiger partial charge in [-0.25, -0.2) is 9.97 Å². The van der Waals surface area contributed by atoms with Gasteiger partial charge >= 0.3 is 0 Å². The number of nitrogens with zero attached hydrogens (tertiary/aromatic N) is 3. The predicted octanol–water partition coefficient (Wildman–Crippen LogP) is 3.87. The van der Waals surface area contributed by atoms with Gasteiger partial charge in [0.2, 0.25) is 5.91 Å². The van der Waals surface area contributed by atoms with E-state index < -0.39 is 0 Å². The van der Waals surface area contributed by atoms with Gasteiger partial charge in [0.05, 0.1) is 23.7 Å². The quantitative estimate of drug-likeness (QED) is 0.508. The van der Waals surface area contributed by atoms with Crippen molar-refractivity contribution in [2.75, 3.05) is 29.9 Å². The first-order valence-corrected chi connectivity index (χ1v) is 12.1. The Morgan fingerprint density at radius 2 is 1.97 bits per heavy atom. The molecule has 1 atom stereocenters. The molecule has 1 saturated carbocycles. The molecular formula is C25H32N6O2. The molecule has 2 aromatic heterocycles. The normalized spacial score (nSPS) is 19.4. The Bertz CT molecular complexity index is 1080. The molecule has 0 radical (unpaired) electrons. The van der Waals surface area contributed by atoms with Crippen molar-refractivity contribution in [3.05, 3.63) is 42.9 Å². The van der Waals surface area contributed by atoms with Crippen molar-refractivity contribution in [1.82, 2.24) is 20.3 Å². The third kappa shape index (κ3) is 5.21. The van der Waals surface area contributed by atoms with E-state index in [0.29, 0.717) is 0 Å². The third-order valence-electron chi connectivity index (χ3n) is 6.59. The lowest BCUT2D eigenvalue weighted by Gasteiger charge is -2.34. The van der Waals surface area contributed by atoms with E-state index in [-0.39, 0.29) is 24.6 Å². The minimum Gasteiger partial charge on any atom is -0.488 e. The molecule has 174 valence electrons. The van der Waals surface area contributed by atoms with Gasteiger partial charge in [0.1, 0.15) is 23.5 Å². The molecule has 5 rings (SSSR count). The number of amides is 1. The van der Waals surface area contributed by atoms with Crippen LogP contribution in [0.1, 0.15) is 44.9 Å². The average molecular weight is 449 g/mol. The van der Waals surface area contributed by atoms with E-state index in [4.69, 9.17) is 4.74 Å². The molecule has 3 heterocycles. The Morgan fingerprint density at radius 1 is 1.09 bits per heavy atom. The summed E-state index contributed by atoms with van der Waals surface area (Å²) in [4.78, 5) is 26.9. The van der Waals surface area contributed by atoms with Gasteiger partial charge in [0.25, 0.3) is 0 Å². The minimum atomic E-state index is -0.0104. The zero-order valence-corrected chi connectivity index (χ0v) is 18.9. The number of benzene rings is 1. The molecule has 1 aliphatic carbocycles. The summed E-state index contributed by atoms with van der Waals surface area (Å²) in [6.45, 7) is 1.88. The number of carbonyl (C=O) groups excluding carboxylic acids is 1. The first-order valence-electron chi connectivity index (χ1n) is 12.1. The van der Waals surface area contributed by atoms with E-state index in [1.807, 2.05) is 36.5 Å². The number of H-pyrrole nitrogens is 1. The Hall–Kier alpha value is -3.29. The summed E-state index contributed by atoms with van der Waals surface area (Å²) >= 11 is 0. The van der Waals surface area contributed by atoms with E-state index in [0.717, 1.165) is 67.1 Å². The van der Waals surface area contributed by atoms with Gasteiger partial charge in [0.15, 0.2) is 0 Å². The fourth-order valence-electron chi connectivity index (χ4n) is 4.93. The van der Waals surface area contributed by atoms with Crippen molar-refractivity contribution in [2.45, 2.75) is 57.1 Å². The minimum absolute atomic E-state index is 0.0104. The van der Waals surface area contributed by atoms with Crippen molar-refractivity contribution in [3.8, 4) is 5.75 Å². The van der Waals surface area contributed by atoms with Gasteiger partial charge in [-0.15, -0.1) is 0 Å². The number of nitrogens with one attached hydrogen (secondary N) is 3. The van der Waals surface area contributed by atoms with E-state index >= 15 is 0 Å². The maximum absolute atomic E-state index is 12.7. The van der Waals surface area contributed by atoms with Gasteiger partial charge in [-0.3, -0.25) is 4.79 Å². The number of para-hydroxylation sites is 2. The summed E-state index contributed by atoms with van der Waals surface area (Å²) in [5.41, 5.74) is 1.71. The Morgan fingerprint density at radius 3 is 2.88 bits per heavy atom. The summed E-state index contributed by atoms with van der Waals surface area (Å²) in [5, 5.41) is 7.49. The number of aromatic nitrogens is 3. The van der Waals surface area contributed by atoms with Crippen LogP contribution < -0.4 is 20.3 Å². The van der Waals surface area contributed by atoms with Crippen LogP contribution in [0.15, 0.2) is 42.9 Å². The van der Waals surface area contributed by atoms with E-state index in [9.17, 15) is 4.79 Å². The lowest BCUT2D eigenvalue weighted by atomic mass is 9.98. The second kappa shape index (κ2) is 10.1. The Kier molecular flexibility index (Phi) is 6.60. The molecule has 8 nitrogen and oxygen atoms in total. The number of piperidine rings is 1. The first kappa shape index (κ1) is 21.6. The highest BCUT2D eigenvalue weighted by atomic mass is 16.5. The number of hydrogen-bond donors (Lipinski definition) is 3. The highest BCUT2D eigenvalue weighted by Crippen LogP contribution is 2.29. The zero-order valence-electron chi connectivity index (χ0n) is 18.9. The maximum atomic E-state index is 12.7. The van der Waals surface area contributed by atoms with Crippen LogP contribution in [0.4, 0.5) is 11.5 Å². The van der Waals surface area contributed by atoms with Gasteiger partial charge in [-0.2, -0.15) is 0 Å². The molecule has 2 fully saturated rings. The number of rotatable bonds is 7. The molecule has 1 saturated heterocycles. The number of hydrogen-bond acceptors (Lipinski definition) is 6. The molecule has 0 bridgehead atoms. The molecule has 3 N–H and O–H groups in total. The summed E-state index contributed by atoms with van der Waals surface area (Å²) in [6, 6.07) is 10.0. The molecular weight excluding hydrogens is 416 g/mol. The Balaban J connectivity index is 1.16. The molecule has 0 spiro atoms. The standard InChI is InChI=1S/C25H32N6O2/c32-23(15-27-21-10-4-5-11-22(21)33-19-8-2-1-3-9-19)30-18-7-6-14-31(16-18)25-20-12-13-26-24(20)28-17-29-25/h4-5,10-13,17-19,27H,1-3,6-9,14-16H2,(H,30,32)(H,26,28,29)/t18-/m1/s1. The summed E-state index contributed by atoms with van der Waals surface area (Å²) in [7, 11) is 0. The van der Waals surface area contributed by atoms with E-state index in [1.54, 1.807) is 6.33 Å². The van der Waals surface area contributed by atoms with Crippen molar-refractivity contribution in [1.29, 1.82) is 0 Å². The van der Waals surface area contributed by atoms with Crippen LogP contribution in [-0.2, 0) is 4.79 Å². The SMILES string of the molecule is O=C(CNc1ccccc1OC1CCCCC1)N[C@@H]1CCCN(c2ncnc3[nH]ccc23)C1. The number of aromatic amines is 1. The second-order valence-electron chi connectivity index (χ2n) is 9.02. The molecule has 8 heteroatoms. The van der Waals surface area contributed by atoms with Crippen molar-refractivity contribution in [3.63, 3.8) is 0 Å². The molecule has 3 aromatic rings. The van der Waals surface area contributed by atoms with Crippen molar-refractivity contribution >= 4 is 28.4 Å². The lowest BCUT2D eigenvalue weighted by Crippen LogP contribution is -2.49. The monoisotopic (exact) mass is 448 g/mol. The van der Waals surface area contributed by atoms with Gasteiger partial charge in [0, 0.05) is 25.3 Å². The van der Waals surface area contributed by atoms with Crippen LogP contribution >= 0.6 is 0 Å². The van der Waals surface area contributed by atoms with Gasteiger partial charge in [-0.05, 0) is 56.7 Å². The van der Waals surface area contributed by atoms with E-state index in [1.165, 1.54) is 19.3 Å². The fourth-order valence-corrected chi connectivity index (χ4v) is 4.93. The topological polar surface area (TPSA) is 95.2 Å². The van der Waals surface area contributed by atoms with Crippen LogP contribution in [0.2, 0.25) is 0 Å². The molecule has 33 heavy (non-hydrogen) atoms. The number of carbonyl (C=O) groups is 1. The molecule has 0 unspecified atom stereocenters. The fraction of sp³-hybridized carbons (Fsp3) is 0.480. The number of ether oxygens (including phenoxy) is 1. The van der Waals surface area contributed by atoms with Crippen LogP contribution in [0.3, 0.4) is 0 Å². The highest BCUT2D eigenvalue weighted by Gasteiger charge is 2.24. The largest absolute Gasteiger partial charge is 0.488 e. The third-order valence-corrected chi connectivity index (χ3v) is 6.59. The van der Waals surface area contributed by atoms with Gasteiger partial charge in [-0.1, -0.05) is 18.6 Å². The smallest absolute Gasteiger partial charge is 0.239 e. The van der Waals surface area contributed by atoms with Crippen LogP contribution in [-0.4, -0.2) is 52.6 Å². The number of fused-ring (bicyclic) bond motifs is 1. The van der Waals surface area contributed by atoms with Gasteiger partial charge < -0.3 is 25.3 Å². The average Bonchev–Trinajstić information content (AvgIpc) is 3.33. The highest BCUT2D eigenvalue weighted by molar-refractivity contribution is 5.87. The summed E-state index contributed by atoms with van der Waals surface area (Å²) < 4.78 is 6.24. The molecule has 2 aliphatic rings. The maximum Gasteiger partial charge on any atom is 0.239 e. The zero-order chi connectivity index (χ0) is 22.5. The lowest BCUT2D eigenvalue weighted by molar-refractivity contribution is -0.120. The molecule has 1 amide bonds. The second-order valence-corrected chi connectivity index (χ2v) is 9.02.